The predicted octanol–water partition coefficient (Wildman–Crippen LogP) is -5.62. The maximum atomic E-state index is 13.0. The topological polar surface area (TPSA) is 706 Å². The zero-order valence-corrected chi connectivity index (χ0v) is 71.1. The minimum Gasteiger partial charge on any atom is -0.481 e. The Morgan fingerprint density at radius 2 is 0.485 bits per heavy atom. The predicted molar refractivity (Wildman–Crippen MR) is 437 cm³/mol. The number of aliphatic carboxylic acids is 4. The minimum absolute atomic E-state index is 0.0404. The molecular formula is C84H108N12O36. The van der Waals surface area contributed by atoms with Crippen molar-refractivity contribution in [1.82, 2.24) is 60.0 Å². The molecule has 132 heavy (non-hydrogen) atoms. The van der Waals surface area contributed by atoms with Crippen LogP contribution in [0.25, 0.3) is 0 Å². The number of aromatic nitrogens is 12. The minimum atomic E-state index is -1.71. The largest absolute Gasteiger partial charge is 0.481 e. The molecule has 0 amide bonds. The van der Waals surface area contributed by atoms with Crippen LogP contribution in [0.2, 0.25) is 0 Å². The van der Waals surface area contributed by atoms with Crippen LogP contribution in [0, 0.1) is 0 Å². The van der Waals surface area contributed by atoms with Crippen molar-refractivity contribution in [2.75, 3.05) is 52.9 Å². The molecule has 0 saturated carbocycles. The summed E-state index contributed by atoms with van der Waals surface area (Å²) in [5, 5.41) is 241. The van der Waals surface area contributed by atoms with Crippen molar-refractivity contribution in [3.05, 3.63) is 163 Å². The van der Waals surface area contributed by atoms with E-state index in [1.807, 2.05) is 0 Å². The van der Waals surface area contributed by atoms with Gasteiger partial charge in [0, 0.05) is 51.9 Å². The number of carboxylic acid groups (broad SMARTS) is 4. The molecule has 1 aliphatic carbocycles. The molecule has 4 saturated heterocycles. The molecule has 20 N–H and O–H groups in total. The summed E-state index contributed by atoms with van der Waals surface area (Å²) in [7, 11) is 0. The molecule has 4 fully saturated rings. The summed E-state index contributed by atoms with van der Waals surface area (Å²) in [4.78, 5) is 51.9. The van der Waals surface area contributed by atoms with Crippen molar-refractivity contribution in [3.63, 3.8) is 0 Å². The number of aryl methyl sites for hydroxylation is 8. The smallest absolute Gasteiger partial charge is 0.341 e. The zero-order chi connectivity index (χ0) is 94.1. The van der Waals surface area contributed by atoms with Crippen molar-refractivity contribution in [1.29, 1.82) is 0 Å². The molecule has 20 unspecified atom stereocenters. The molecule has 4 aromatic carbocycles. The first kappa shape index (κ1) is 99.0. The average Bonchev–Trinajstić information content (AvgIpc) is 0.946. The Kier molecular flexibility index (Phi) is 34.5. The quantitative estimate of drug-likeness (QED) is 0.0169. The van der Waals surface area contributed by atoms with E-state index in [0.717, 1.165) is 0 Å². The summed E-state index contributed by atoms with van der Waals surface area (Å²) >= 11 is 0. The van der Waals surface area contributed by atoms with E-state index in [4.69, 9.17) is 56.8 Å². The first-order valence-corrected chi connectivity index (χ1v) is 42.6. The second-order valence-electron chi connectivity index (χ2n) is 32.7. The summed E-state index contributed by atoms with van der Waals surface area (Å²) in [5.74, 6) is -5.39. The molecular weight excluding hydrogens is 1750 g/mol. The summed E-state index contributed by atoms with van der Waals surface area (Å²) in [6.07, 6.45) is -23.4. The van der Waals surface area contributed by atoms with Gasteiger partial charge in [-0.05, 0) is 118 Å². The van der Waals surface area contributed by atoms with Crippen molar-refractivity contribution in [3.8, 4) is 23.0 Å². The van der Waals surface area contributed by atoms with Crippen molar-refractivity contribution in [2.45, 2.75) is 252 Å². The van der Waals surface area contributed by atoms with Crippen LogP contribution >= 0.6 is 0 Å². The third kappa shape index (κ3) is 25.3. The lowest BCUT2D eigenvalue weighted by Crippen LogP contribution is -2.59. The van der Waals surface area contributed by atoms with Crippen LogP contribution in [0.15, 0.2) is 73.3 Å². The number of benzene rings is 4. The van der Waals surface area contributed by atoms with Crippen LogP contribution in [0.4, 0.5) is 0 Å². The number of fused-ring (bicyclic) bond motifs is 8. The van der Waals surface area contributed by atoms with Crippen molar-refractivity contribution < 1.29 is 178 Å². The van der Waals surface area contributed by atoms with Crippen LogP contribution in [-0.2, 0) is 161 Å². The molecule has 4 aromatic heterocycles. The lowest BCUT2D eigenvalue weighted by atomic mass is 9.87. The molecule has 4 aliphatic heterocycles. The SMILES string of the molecule is O=C(O)COc1c2cc(CCCn3cc(COC4OC(CO)C(O)C(O)C4O)nn3)cc1Cc1cc(CCCn3cc(COC4OC(CO)C(O)C(O)C4O)nn3)cc(c1OCC(=O)O)Cc1cc(CCCn3cc(COC4OC(CO)C(O)C(O)C4O)nn3)cc(c1OCC(=O)O)Cc1cc(CCCn3cc(COC4OC(CO)C(O)C(O)C4O)nn3)cc(c1OCC(=O)O)C2. The van der Waals surface area contributed by atoms with Gasteiger partial charge in [0.2, 0.25) is 0 Å². The van der Waals surface area contributed by atoms with Gasteiger partial charge in [0.25, 0.3) is 0 Å². The fourth-order valence-electron chi connectivity index (χ4n) is 16.4. The molecule has 8 bridgehead atoms. The fourth-order valence-corrected chi connectivity index (χ4v) is 16.4. The number of hydrogen-bond donors (Lipinski definition) is 20. The van der Waals surface area contributed by atoms with Gasteiger partial charge in [0.15, 0.2) is 51.6 Å². The number of carboxylic acids is 4. The normalized spacial score (nSPS) is 26.1. The molecule has 13 rings (SSSR count). The molecule has 5 aliphatic rings. The second-order valence-corrected chi connectivity index (χ2v) is 32.7. The number of hydrogen-bond acceptors (Lipinski definition) is 40. The third-order valence-corrected chi connectivity index (χ3v) is 22.8. The lowest BCUT2D eigenvalue weighted by molar-refractivity contribution is -0.304. The average molecular weight is 1860 g/mol. The number of carbonyl (C=O) groups is 4. The van der Waals surface area contributed by atoms with Gasteiger partial charge >= 0.3 is 23.9 Å². The zero-order valence-electron chi connectivity index (χ0n) is 71.1. The van der Waals surface area contributed by atoms with E-state index in [9.17, 15) is 121 Å². The number of nitrogens with zero attached hydrogens (tertiary/aromatic N) is 12. The second kappa shape index (κ2) is 46.0. The highest BCUT2D eigenvalue weighted by atomic mass is 16.7. The van der Waals surface area contributed by atoms with Gasteiger partial charge in [-0.3, -0.25) is 18.7 Å². The van der Waals surface area contributed by atoms with Crippen molar-refractivity contribution >= 4 is 23.9 Å². The van der Waals surface area contributed by atoms with Crippen LogP contribution in [0.3, 0.4) is 0 Å². The summed E-state index contributed by atoms with van der Waals surface area (Å²) in [5.41, 5.74) is 6.17. The lowest BCUT2D eigenvalue weighted by Gasteiger charge is -2.39. The van der Waals surface area contributed by atoms with E-state index in [1.165, 1.54) is 18.7 Å². The summed E-state index contributed by atoms with van der Waals surface area (Å²) in [6, 6.07) is 14.3. The van der Waals surface area contributed by atoms with Gasteiger partial charge in [-0.1, -0.05) is 69.4 Å². The maximum absolute atomic E-state index is 13.0. The standard InChI is InChI=1S/C84H108N12O36/c97-29-57-65(109)69(113)73(117)81(129-57)125-33-53-25-93(89-85-53)9-1-5-41-13-45-21-47-15-42(6-2-10-94-26-54(86-90-94)34-126-82-74(118)70(114)66(110)58(30-98)130-82)17-49(78(47)122-38-62(103)104)23-51-19-44(8-4-12-96-28-56(88-92-96)36-128-84-76(120)72(116)68(112)60(32-100)132-84)20-52(80(51)124-40-64(107)108)24-50-18-43(16-48(79(50)123-39-63(105)106)22-46(14-41)77(45)121-37-61(101)102)7-3-11-95-27-55(87-91-95)35-127-83-75(119)71(115)67(111)59(31-99)131-83/h13-20,25-28,57-60,65-76,81-84,97-100,109-120H,1-12,21-24,29-40H2,(H,101,102)(H,103,104)(H,105,106)(H,107,108). The summed E-state index contributed by atoms with van der Waals surface area (Å²) in [6.45, 7) is -6.84. The van der Waals surface area contributed by atoms with Gasteiger partial charge in [-0.25, -0.2) is 19.2 Å². The molecule has 20 atom stereocenters. The Morgan fingerprint density at radius 1 is 0.295 bits per heavy atom. The van der Waals surface area contributed by atoms with Crippen molar-refractivity contribution in [2.24, 2.45) is 0 Å². The molecule has 8 heterocycles. The highest BCUT2D eigenvalue weighted by Gasteiger charge is 2.48. The third-order valence-electron chi connectivity index (χ3n) is 22.8. The number of rotatable bonds is 44. The highest BCUT2D eigenvalue weighted by molar-refractivity contribution is 5.71. The van der Waals surface area contributed by atoms with Crippen LogP contribution < -0.4 is 18.9 Å². The summed E-state index contributed by atoms with van der Waals surface area (Å²) < 4.78 is 76.9. The molecule has 48 nitrogen and oxygen atoms in total. The van der Waals surface area contributed by atoms with Crippen LogP contribution in [0.5, 0.6) is 23.0 Å². The Morgan fingerprint density at radius 3 is 0.659 bits per heavy atom. The Labute approximate surface area is 750 Å². The van der Waals surface area contributed by atoms with Gasteiger partial charge in [0.05, 0.1) is 77.6 Å². The van der Waals surface area contributed by atoms with E-state index in [0.29, 0.717) is 92.4 Å². The molecule has 48 heteroatoms. The van der Waals surface area contributed by atoms with E-state index in [2.05, 4.69) is 41.2 Å². The molecule has 0 radical (unpaired) electrons. The van der Waals surface area contributed by atoms with E-state index < -0.39 is 200 Å². The number of ether oxygens (including phenoxy) is 12. The fraction of sp³-hybridized carbons (Fsp3) is 0.571. The van der Waals surface area contributed by atoms with Gasteiger partial charge in [-0.15, -0.1) is 20.4 Å². The Balaban J connectivity index is 0.899. The maximum Gasteiger partial charge on any atom is 0.341 e. The Bertz CT molecular complexity index is 4450. The first-order chi connectivity index (χ1) is 63.4. The molecule has 8 aromatic rings. The van der Waals surface area contributed by atoms with Crippen LogP contribution in [-0.4, -0.2) is 362 Å². The van der Waals surface area contributed by atoms with E-state index in [1.54, 1.807) is 73.3 Å². The van der Waals surface area contributed by atoms with Gasteiger partial charge in [0.1, 0.15) is 143 Å². The van der Waals surface area contributed by atoms with E-state index in [-0.39, 0.29) is 150 Å². The van der Waals surface area contributed by atoms with Crippen LogP contribution in [0.1, 0.15) is 115 Å². The first-order valence-electron chi connectivity index (χ1n) is 42.6. The highest BCUT2D eigenvalue weighted by Crippen LogP contribution is 2.43. The van der Waals surface area contributed by atoms with E-state index >= 15 is 0 Å². The van der Waals surface area contributed by atoms with Gasteiger partial charge in [-0.2, -0.15) is 0 Å². The van der Waals surface area contributed by atoms with Gasteiger partial charge < -0.3 is 159 Å². The Hall–Kier alpha value is -10.4. The molecule has 720 valence electrons. The number of aliphatic hydroxyl groups is 16. The monoisotopic (exact) mass is 1860 g/mol. The number of aliphatic hydroxyl groups excluding tert-OH is 16. The molecule has 0 spiro atoms.